The Bertz CT molecular complexity index is 780. The van der Waals surface area contributed by atoms with E-state index in [1.807, 2.05) is 24.3 Å². The fourth-order valence-electron chi connectivity index (χ4n) is 2.32. The van der Waals surface area contributed by atoms with Crippen molar-refractivity contribution < 1.29 is 15.2 Å². The lowest BCUT2D eigenvalue weighted by atomic mass is 9.97. The van der Waals surface area contributed by atoms with Gasteiger partial charge in [-0.15, -0.1) is 0 Å². The molecule has 1 heterocycles. The van der Waals surface area contributed by atoms with Gasteiger partial charge in [-0.2, -0.15) is 0 Å². The molecule has 20 heavy (non-hydrogen) atoms. The molecule has 2 aliphatic rings. The molecule has 3 rings (SSSR count). The van der Waals surface area contributed by atoms with Crippen LogP contribution in [0, 0.1) is 0 Å². The highest BCUT2D eigenvalue weighted by molar-refractivity contribution is 6.40. The molecule has 4 nitrogen and oxygen atoms in total. The highest BCUT2D eigenvalue weighted by Crippen LogP contribution is 2.30. The van der Waals surface area contributed by atoms with Crippen LogP contribution < -0.4 is 10.4 Å². The predicted octanol–water partition coefficient (Wildman–Crippen LogP) is 0.322. The van der Waals surface area contributed by atoms with E-state index < -0.39 is 7.25 Å². The zero-order valence-corrected chi connectivity index (χ0v) is 11.1. The first-order chi connectivity index (χ1) is 9.58. The van der Waals surface area contributed by atoms with Crippen LogP contribution in [0.3, 0.4) is 0 Å². The number of halogens is 1. The molecular weight excluding hydrogens is 276 g/mol. The van der Waals surface area contributed by atoms with Gasteiger partial charge in [-0.05, 0) is 17.4 Å². The summed E-state index contributed by atoms with van der Waals surface area (Å²) < 4.78 is 0. The highest BCUT2D eigenvalue weighted by atomic mass is 35.5. The average Bonchev–Trinajstić information content (AvgIpc) is 2.57. The van der Waals surface area contributed by atoms with Gasteiger partial charge in [0.1, 0.15) is 5.76 Å². The third-order valence-corrected chi connectivity index (χ3v) is 3.45. The van der Waals surface area contributed by atoms with Gasteiger partial charge in [0.25, 0.3) is 0 Å². The first-order valence-corrected chi connectivity index (χ1v) is 6.40. The summed E-state index contributed by atoms with van der Waals surface area (Å²) >= 11 is 5.98. The van der Waals surface area contributed by atoms with E-state index in [1.54, 1.807) is 18.2 Å². The number of benzene rings is 1. The zero-order valence-electron chi connectivity index (χ0n) is 10.4. The number of fused-ring (bicyclic) bond motifs is 2. The standard InChI is InChI=1S/C14H11BClNO3/c16-10-7-12-13(17(8-10)15(19)20)6-5-9-3-1-2-4-11(9)14(12)18/h1-8,18-20H. The largest absolute Gasteiger partial charge is 0.592 e. The Kier molecular flexibility index (Phi) is 3.18. The summed E-state index contributed by atoms with van der Waals surface area (Å²) in [5, 5.41) is 31.2. The second-order valence-corrected chi connectivity index (χ2v) is 4.92. The molecule has 0 spiro atoms. The van der Waals surface area contributed by atoms with Crippen LogP contribution in [0.4, 0.5) is 0 Å². The third-order valence-electron chi connectivity index (χ3n) is 3.24. The van der Waals surface area contributed by atoms with Gasteiger partial charge in [0.05, 0.1) is 5.03 Å². The molecule has 0 saturated heterocycles. The second kappa shape index (κ2) is 4.87. The minimum atomic E-state index is -1.74. The van der Waals surface area contributed by atoms with E-state index in [1.165, 1.54) is 11.0 Å². The number of rotatable bonds is 1. The lowest BCUT2D eigenvalue weighted by Gasteiger charge is -2.27. The molecule has 6 heteroatoms. The maximum absolute atomic E-state index is 10.5. The second-order valence-electron chi connectivity index (χ2n) is 4.48. The topological polar surface area (TPSA) is 63.9 Å². The van der Waals surface area contributed by atoms with Crippen LogP contribution in [-0.4, -0.2) is 27.2 Å². The van der Waals surface area contributed by atoms with Crippen molar-refractivity contribution in [1.29, 1.82) is 0 Å². The van der Waals surface area contributed by atoms with Gasteiger partial charge in [-0.25, -0.2) is 0 Å². The van der Waals surface area contributed by atoms with Gasteiger partial charge < -0.3 is 20.0 Å². The van der Waals surface area contributed by atoms with E-state index in [0.717, 1.165) is 5.22 Å². The molecule has 0 saturated carbocycles. The quantitative estimate of drug-likeness (QED) is 0.651. The van der Waals surface area contributed by atoms with Crippen LogP contribution in [0.25, 0.3) is 11.8 Å². The van der Waals surface area contributed by atoms with Gasteiger partial charge in [-0.3, -0.25) is 0 Å². The fraction of sp³-hybridized carbons (Fsp3) is 0. The van der Waals surface area contributed by atoms with E-state index >= 15 is 0 Å². The Labute approximate surface area is 120 Å². The molecule has 1 aliphatic heterocycles. The van der Waals surface area contributed by atoms with E-state index in [0.29, 0.717) is 21.5 Å². The maximum Gasteiger partial charge on any atom is 0.592 e. The molecule has 0 amide bonds. The molecule has 1 aromatic carbocycles. The molecule has 0 aromatic heterocycles. The van der Waals surface area contributed by atoms with Gasteiger partial charge in [0, 0.05) is 22.7 Å². The van der Waals surface area contributed by atoms with E-state index in [4.69, 9.17) is 11.6 Å². The summed E-state index contributed by atoms with van der Waals surface area (Å²) in [6.07, 6.45) is 6.52. The first kappa shape index (κ1) is 13.1. The monoisotopic (exact) mass is 287 g/mol. The molecule has 1 aliphatic carbocycles. The number of allylic oxidation sites excluding steroid dienone is 3. The maximum atomic E-state index is 10.5. The number of aliphatic hydroxyl groups is 1. The average molecular weight is 288 g/mol. The summed E-state index contributed by atoms with van der Waals surface area (Å²) in [6, 6.07) is 7.36. The van der Waals surface area contributed by atoms with Crippen molar-refractivity contribution in [2.75, 3.05) is 0 Å². The Morgan fingerprint density at radius 1 is 1.10 bits per heavy atom. The molecule has 0 unspecified atom stereocenters. The minimum Gasteiger partial charge on any atom is -0.507 e. The van der Waals surface area contributed by atoms with Crippen molar-refractivity contribution >= 4 is 30.7 Å². The predicted molar refractivity (Wildman–Crippen MR) is 78.3 cm³/mol. The summed E-state index contributed by atoms with van der Waals surface area (Å²) in [5.41, 5.74) is 0.921. The van der Waals surface area contributed by atoms with Crippen LogP contribution in [0.2, 0.25) is 0 Å². The molecule has 0 atom stereocenters. The van der Waals surface area contributed by atoms with Gasteiger partial charge >= 0.3 is 7.25 Å². The molecular formula is C14H11BClNO3. The van der Waals surface area contributed by atoms with Crippen molar-refractivity contribution in [2.45, 2.75) is 0 Å². The van der Waals surface area contributed by atoms with E-state index in [-0.39, 0.29) is 5.76 Å². The summed E-state index contributed by atoms with van der Waals surface area (Å²) in [7, 11) is -1.74. The van der Waals surface area contributed by atoms with Crippen LogP contribution >= 0.6 is 11.6 Å². The zero-order chi connectivity index (χ0) is 14.3. The summed E-state index contributed by atoms with van der Waals surface area (Å²) in [5.74, 6) is 0.0532. The Morgan fingerprint density at radius 3 is 2.60 bits per heavy atom. The van der Waals surface area contributed by atoms with Crippen LogP contribution in [-0.2, 0) is 0 Å². The van der Waals surface area contributed by atoms with Gasteiger partial charge in [-0.1, -0.05) is 41.9 Å². The number of nitrogens with zero attached hydrogens (tertiary/aromatic N) is 1. The van der Waals surface area contributed by atoms with Crippen molar-refractivity contribution in [2.24, 2.45) is 0 Å². The van der Waals surface area contributed by atoms with Crippen LogP contribution in [0.1, 0.15) is 0 Å². The normalized spacial score (nSPS) is 17.1. The lowest BCUT2D eigenvalue weighted by molar-refractivity contribution is 0.340. The Hall–Kier alpha value is -1.95. The SMILES string of the molecule is OB(O)N1C=C(Cl)C=C2C1=CC=c1ccccc1=C2O. The Morgan fingerprint density at radius 2 is 1.85 bits per heavy atom. The summed E-state index contributed by atoms with van der Waals surface area (Å²) in [6.45, 7) is 0. The molecule has 1 aromatic rings. The lowest BCUT2D eigenvalue weighted by Crippen LogP contribution is -2.37. The van der Waals surface area contributed by atoms with E-state index in [2.05, 4.69) is 0 Å². The smallest absolute Gasteiger partial charge is 0.507 e. The van der Waals surface area contributed by atoms with Crippen LogP contribution in [0.15, 0.2) is 58.9 Å². The molecule has 0 radical (unpaired) electrons. The molecule has 0 fully saturated rings. The van der Waals surface area contributed by atoms with Crippen molar-refractivity contribution in [1.82, 2.24) is 4.81 Å². The fourth-order valence-corrected chi connectivity index (χ4v) is 2.53. The molecule has 3 N–H and O–H groups in total. The number of hydrogen-bond acceptors (Lipinski definition) is 4. The van der Waals surface area contributed by atoms with Crippen molar-refractivity contribution in [3.63, 3.8) is 0 Å². The van der Waals surface area contributed by atoms with Crippen LogP contribution in [0.5, 0.6) is 0 Å². The molecule has 100 valence electrons. The third kappa shape index (κ3) is 2.06. The van der Waals surface area contributed by atoms with Crippen molar-refractivity contribution in [3.05, 3.63) is 69.4 Å². The summed E-state index contributed by atoms with van der Waals surface area (Å²) in [4.78, 5) is 1.19. The number of hydrogen-bond donors (Lipinski definition) is 3. The molecule has 0 bridgehead atoms. The van der Waals surface area contributed by atoms with Gasteiger partial charge in [0.15, 0.2) is 0 Å². The minimum absolute atomic E-state index is 0.0532. The van der Waals surface area contributed by atoms with Gasteiger partial charge in [0.2, 0.25) is 0 Å². The van der Waals surface area contributed by atoms with Crippen molar-refractivity contribution in [3.8, 4) is 0 Å². The highest BCUT2D eigenvalue weighted by Gasteiger charge is 2.29. The Balaban J connectivity index is 2.31. The number of aliphatic hydroxyl groups excluding tert-OH is 1. The first-order valence-electron chi connectivity index (χ1n) is 6.02. The van der Waals surface area contributed by atoms with E-state index in [9.17, 15) is 15.2 Å².